The fourth-order valence-corrected chi connectivity index (χ4v) is 0.943. The molecule has 15 heavy (non-hydrogen) atoms. The van der Waals surface area contributed by atoms with Crippen LogP contribution in [0.25, 0.3) is 11.1 Å². The molecule has 0 bridgehead atoms. The lowest BCUT2D eigenvalue weighted by molar-refractivity contribution is 1.29. The van der Waals surface area contributed by atoms with Crippen molar-refractivity contribution in [3.05, 3.63) is 30.9 Å². The summed E-state index contributed by atoms with van der Waals surface area (Å²) in [7, 11) is 0. The Bertz CT molecular complexity index is 267. The Kier molecular flexibility index (Phi) is 9.95. The lowest BCUT2D eigenvalue weighted by Gasteiger charge is -1.98. The zero-order chi connectivity index (χ0) is 12.4. The maximum Gasteiger partial charge on any atom is 0.0932 e. The Morgan fingerprint density at radius 2 is 1.53 bits per heavy atom. The van der Waals surface area contributed by atoms with E-state index in [0.29, 0.717) is 0 Å². The predicted octanol–water partition coefficient (Wildman–Crippen LogP) is 4.53. The van der Waals surface area contributed by atoms with Gasteiger partial charge in [0.15, 0.2) is 0 Å². The molecule has 0 unspecified atom stereocenters. The monoisotopic (exact) mass is 208 g/mol. The van der Waals surface area contributed by atoms with Crippen LogP contribution in [0.3, 0.4) is 0 Å². The Labute approximate surface area is 94.1 Å². The smallest absolute Gasteiger partial charge is 0.0932 e. The van der Waals surface area contributed by atoms with E-state index in [4.69, 9.17) is 0 Å². The highest BCUT2D eigenvalue weighted by Crippen LogP contribution is 2.18. The molecular formula is C13H24N2. The lowest BCUT2D eigenvalue weighted by Crippen LogP contribution is -1.85. The zero-order valence-corrected chi connectivity index (χ0v) is 10.9. The van der Waals surface area contributed by atoms with Gasteiger partial charge in [0, 0.05) is 0 Å². The van der Waals surface area contributed by atoms with Crippen LogP contribution >= 0.6 is 0 Å². The summed E-state index contributed by atoms with van der Waals surface area (Å²) >= 11 is 0. The Morgan fingerprint density at radius 1 is 1.07 bits per heavy atom. The molecule has 0 aromatic carbocycles. The summed E-state index contributed by atoms with van der Waals surface area (Å²) in [5, 5.41) is 0. The molecule has 0 saturated carbocycles. The van der Waals surface area contributed by atoms with Crippen molar-refractivity contribution in [1.29, 1.82) is 0 Å². The van der Waals surface area contributed by atoms with Crippen molar-refractivity contribution < 1.29 is 0 Å². The maximum atomic E-state index is 4.12. The third kappa shape index (κ3) is 5.21. The van der Waals surface area contributed by atoms with E-state index >= 15 is 0 Å². The predicted molar refractivity (Wildman–Crippen MR) is 70.7 cm³/mol. The number of nitrogens with zero attached hydrogens (tertiary/aromatic N) is 1. The van der Waals surface area contributed by atoms with Gasteiger partial charge in [-0.2, -0.15) is 0 Å². The number of aromatic nitrogens is 2. The molecule has 1 aromatic heterocycles. The fraction of sp³-hybridized carbons (Fsp3) is 0.462. The molecule has 0 aliphatic rings. The fourth-order valence-electron chi connectivity index (χ4n) is 0.943. The van der Waals surface area contributed by atoms with Crippen LogP contribution in [-0.2, 0) is 0 Å². The molecule has 1 aromatic rings. The van der Waals surface area contributed by atoms with Gasteiger partial charge in [0.05, 0.1) is 17.7 Å². The van der Waals surface area contributed by atoms with Crippen molar-refractivity contribution in [2.75, 3.05) is 0 Å². The highest BCUT2D eigenvalue weighted by molar-refractivity contribution is 5.71. The summed E-state index contributed by atoms with van der Waals surface area (Å²) < 4.78 is 0. The minimum absolute atomic E-state index is 0.914. The van der Waals surface area contributed by atoms with Crippen molar-refractivity contribution in [2.24, 2.45) is 0 Å². The van der Waals surface area contributed by atoms with Gasteiger partial charge in [0.25, 0.3) is 0 Å². The summed E-state index contributed by atoms with van der Waals surface area (Å²) in [5.74, 6) is 0. The van der Waals surface area contributed by atoms with E-state index in [-0.39, 0.29) is 0 Å². The Hall–Kier alpha value is -1.31. The standard InChI is InChI=1S/C9H12N2.2C2H6/c1-6(2)8-9(7(3)4)11-5-10-8;2*1-2/h5H,1,3H2,2,4H3,(H,10,11);2*1-2H3. The topological polar surface area (TPSA) is 28.7 Å². The average Bonchev–Trinajstić information content (AvgIpc) is 2.72. The van der Waals surface area contributed by atoms with Crippen LogP contribution < -0.4 is 0 Å². The van der Waals surface area contributed by atoms with Crippen molar-refractivity contribution in [3.63, 3.8) is 0 Å². The molecule has 1 heterocycles. The van der Waals surface area contributed by atoms with E-state index < -0.39 is 0 Å². The Morgan fingerprint density at radius 3 is 1.80 bits per heavy atom. The van der Waals surface area contributed by atoms with Gasteiger partial charge in [-0.1, -0.05) is 40.9 Å². The molecule has 1 rings (SSSR count). The first kappa shape index (κ1) is 16.1. The number of imidazole rings is 1. The summed E-state index contributed by atoms with van der Waals surface area (Å²) in [6, 6.07) is 0. The third-order valence-corrected chi connectivity index (χ3v) is 1.47. The quantitative estimate of drug-likeness (QED) is 0.760. The average molecular weight is 208 g/mol. The number of nitrogens with one attached hydrogen (secondary N) is 1. The molecule has 1 N–H and O–H groups in total. The van der Waals surface area contributed by atoms with Crippen LogP contribution in [0.1, 0.15) is 52.9 Å². The van der Waals surface area contributed by atoms with Crippen LogP contribution in [0.15, 0.2) is 19.5 Å². The molecule has 0 aliphatic heterocycles. The molecular weight excluding hydrogens is 184 g/mol. The highest BCUT2D eigenvalue weighted by atomic mass is 14.9. The first-order chi connectivity index (χ1) is 7.13. The van der Waals surface area contributed by atoms with E-state index in [2.05, 4.69) is 23.1 Å². The molecule has 2 nitrogen and oxygen atoms in total. The highest BCUT2D eigenvalue weighted by Gasteiger charge is 2.05. The van der Waals surface area contributed by atoms with Crippen LogP contribution in [0.2, 0.25) is 0 Å². The number of H-pyrrole nitrogens is 1. The molecule has 2 heteroatoms. The summed E-state index contributed by atoms with van der Waals surface area (Å²) in [6.07, 6.45) is 1.66. The molecule has 0 atom stereocenters. The minimum Gasteiger partial charge on any atom is -0.344 e. The number of hydrogen-bond donors (Lipinski definition) is 1. The number of hydrogen-bond acceptors (Lipinski definition) is 1. The van der Waals surface area contributed by atoms with Crippen LogP contribution in [0.4, 0.5) is 0 Å². The molecule has 86 valence electrons. The van der Waals surface area contributed by atoms with E-state index in [0.717, 1.165) is 22.5 Å². The number of allylic oxidation sites excluding steroid dienone is 2. The van der Waals surface area contributed by atoms with Gasteiger partial charge in [-0.05, 0) is 25.0 Å². The van der Waals surface area contributed by atoms with Gasteiger partial charge in [-0.3, -0.25) is 0 Å². The third-order valence-electron chi connectivity index (χ3n) is 1.47. The zero-order valence-electron chi connectivity index (χ0n) is 10.9. The first-order valence-electron chi connectivity index (χ1n) is 5.48. The van der Waals surface area contributed by atoms with Crippen molar-refractivity contribution in [1.82, 2.24) is 9.97 Å². The van der Waals surface area contributed by atoms with Crippen molar-refractivity contribution in [2.45, 2.75) is 41.5 Å². The SMILES string of the molecule is C=C(C)c1nc[nH]c1C(=C)C.CC.CC. The largest absolute Gasteiger partial charge is 0.344 e. The van der Waals surface area contributed by atoms with E-state index in [1.807, 2.05) is 41.5 Å². The summed E-state index contributed by atoms with van der Waals surface area (Å²) in [4.78, 5) is 7.14. The number of rotatable bonds is 2. The van der Waals surface area contributed by atoms with E-state index in [1.165, 1.54) is 0 Å². The van der Waals surface area contributed by atoms with E-state index in [9.17, 15) is 0 Å². The first-order valence-corrected chi connectivity index (χ1v) is 5.48. The van der Waals surface area contributed by atoms with Crippen molar-refractivity contribution >= 4 is 11.1 Å². The molecule has 0 saturated heterocycles. The second kappa shape index (κ2) is 9.25. The van der Waals surface area contributed by atoms with Gasteiger partial charge in [0.1, 0.15) is 0 Å². The number of aromatic amines is 1. The molecule has 0 amide bonds. The minimum atomic E-state index is 0.914. The van der Waals surface area contributed by atoms with Gasteiger partial charge in [-0.25, -0.2) is 4.98 Å². The van der Waals surface area contributed by atoms with Crippen molar-refractivity contribution in [3.8, 4) is 0 Å². The van der Waals surface area contributed by atoms with E-state index in [1.54, 1.807) is 6.33 Å². The maximum absolute atomic E-state index is 4.12. The van der Waals surface area contributed by atoms with Gasteiger partial charge in [-0.15, -0.1) is 0 Å². The van der Waals surface area contributed by atoms with Gasteiger partial charge in [0.2, 0.25) is 0 Å². The van der Waals surface area contributed by atoms with Gasteiger partial charge < -0.3 is 4.98 Å². The molecule has 0 spiro atoms. The normalized spacial score (nSPS) is 7.87. The summed E-state index contributed by atoms with van der Waals surface area (Å²) in [6.45, 7) is 19.5. The molecule has 0 fully saturated rings. The Balaban J connectivity index is 0. The second-order valence-corrected chi connectivity index (χ2v) is 2.69. The lowest BCUT2D eigenvalue weighted by atomic mass is 10.1. The van der Waals surface area contributed by atoms with Crippen LogP contribution in [0.5, 0.6) is 0 Å². The summed E-state index contributed by atoms with van der Waals surface area (Å²) in [5.41, 5.74) is 3.85. The second-order valence-electron chi connectivity index (χ2n) is 2.69. The van der Waals surface area contributed by atoms with Crippen LogP contribution in [-0.4, -0.2) is 9.97 Å². The van der Waals surface area contributed by atoms with Gasteiger partial charge >= 0.3 is 0 Å². The molecule has 0 radical (unpaired) electrons. The molecule has 0 aliphatic carbocycles. The van der Waals surface area contributed by atoms with Crippen LogP contribution in [0, 0.1) is 0 Å².